The number of rotatable bonds is 8. The minimum Gasteiger partial charge on any atom is -0.508 e. The number of benzene rings is 3. The molecule has 4 aromatic rings. The number of para-hydroxylation sites is 1. The molecule has 1 aromatic heterocycles. The van der Waals surface area contributed by atoms with E-state index in [0.29, 0.717) is 22.4 Å². The van der Waals surface area contributed by atoms with E-state index in [1.807, 2.05) is 54.0 Å². The summed E-state index contributed by atoms with van der Waals surface area (Å²) < 4.78 is 1.92. The molecule has 0 fully saturated rings. The Morgan fingerprint density at radius 3 is 2.41 bits per heavy atom. The Labute approximate surface area is 206 Å². The monoisotopic (exact) mass is 491 g/mol. The van der Waals surface area contributed by atoms with E-state index in [1.54, 1.807) is 36.4 Å². The predicted octanol–water partition coefficient (Wildman–Crippen LogP) is 5.32. The van der Waals surface area contributed by atoms with Crippen LogP contribution in [-0.2, 0) is 4.79 Å². The van der Waals surface area contributed by atoms with E-state index in [-0.39, 0.29) is 17.4 Å². The van der Waals surface area contributed by atoms with Gasteiger partial charge in [-0.3, -0.25) is 9.36 Å². The van der Waals surface area contributed by atoms with Crippen molar-refractivity contribution in [1.29, 1.82) is 0 Å². The van der Waals surface area contributed by atoms with Crippen molar-refractivity contribution >= 4 is 35.0 Å². The maximum atomic E-state index is 12.5. The number of phenols is 1. The van der Waals surface area contributed by atoms with Crippen LogP contribution in [0, 0.1) is 0 Å². The Hall–Kier alpha value is -3.62. The van der Waals surface area contributed by atoms with Gasteiger partial charge in [0.05, 0.1) is 11.5 Å². The number of hydrogen-bond acceptors (Lipinski definition) is 6. The highest BCUT2D eigenvalue weighted by molar-refractivity contribution is 7.99. The van der Waals surface area contributed by atoms with E-state index in [4.69, 9.17) is 11.6 Å². The van der Waals surface area contributed by atoms with Crippen molar-refractivity contribution in [2.45, 2.75) is 18.5 Å². The van der Waals surface area contributed by atoms with Crippen molar-refractivity contribution in [2.75, 3.05) is 5.75 Å². The Bertz CT molecular complexity index is 1290. The summed E-state index contributed by atoms with van der Waals surface area (Å²) in [5, 5.41) is 23.7. The molecule has 0 bridgehead atoms. The van der Waals surface area contributed by atoms with Crippen LogP contribution >= 0.6 is 23.4 Å². The van der Waals surface area contributed by atoms with E-state index in [9.17, 15) is 9.90 Å². The minimum absolute atomic E-state index is 0.113. The van der Waals surface area contributed by atoms with E-state index in [0.717, 1.165) is 22.5 Å². The number of hydrogen-bond donors (Lipinski definition) is 2. The lowest BCUT2D eigenvalue weighted by Gasteiger charge is -2.10. The summed E-state index contributed by atoms with van der Waals surface area (Å²) in [5.41, 5.74) is 5.92. The average molecular weight is 492 g/mol. The highest BCUT2D eigenvalue weighted by Crippen LogP contribution is 2.28. The van der Waals surface area contributed by atoms with Gasteiger partial charge in [-0.1, -0.05) is 48.5 Å². The van der Waals surface area contributed by atoms with Crippen LogP contribution in [0.4, 0.5) is 0 Å². The zero-order valence-electron chi connectivity index (χ0n) is 18.4. The molecular formula is C25H22ClN5O2S. The molecule has 1 heterocycles. The summed E-state index contributed by atoms with van der Waals surface area (Å²) in [6.45, 7) is 1.95. The van der Waals surface area contributed by atoms with Gasteiger partial charge in [-0.2, -0.15) is 5.10 Å². The van der Waals surface area contributed by atoms with Crippen molar-refractivity contribution in [1.82, 2.24) is 20.2 Å². The van der Waals surface area contributed by atoms with Gasteiger partial charge < -0.3 is 5.11 Å². The number of hydrazone groups is 1. The van der Waals surface area contributed by atoms with Crippen LogP contribution in [0.3, 0.4) is 0 Å². The molecule has 34 heavy (non-hydrogen) atoms. The van der Waals surface area contributed by atoms with Gasteiger partial charge in [0.1, 0.15) is 5.75 Å². The van der Waals surface area contributed by atoms with Crippen molar-refractivity contribution in [3.8, 4) is 22.8 Å². The van der Waals surface area contributed by atoms with Gasteiger partial charge in [-0.05, 0) is 72.6 Å². The zero-order valence-corrected chi connectivity index (χ0v) is 19.9. The van der Waals surface area contributed by atoms with Gasteiger partial charge in [0.15, 0.2) is 11.0 Å². The first-order valence-electron chi connectivity index (χ1n) is 10.6. The molecule has 1 amide bonds. The van der Waals surface area contributed by atoms with E-state index < -0.39 is 0 Å². The molecule has 172 valence electrons. The lowest BCUT2D eigenvalue weighted by atomic mass is 10.1. The summed E-state index contributed by atoms with van der Waals surface area (Å²) in [4.78, 5) is 12.5. The molecule has 0 saturated heterocycles. The maximum absolute atomic E-state index is 12.5. The van der Waals surface area contributed by atoms with Crippen LogP contribution in [0.15, 0.2) is 89.1 Å². The van der Waals surface area contributed by atoms with E-state index in [2.05, 4.69) is 20.7 Å². The first kappa shape index (κ1) is 23.5. The third kappa shape index (κ3) is 5.65. The van der Waals surface area contributed by atoms with Crippen LogP contribution in [0.5, 0.6) is 5.75 Å². The molecule has 0 radical (unpaired) electrons. The molecule has 0 saturated carbocycles. The summed E-state index contributed by atoms with van der Waals surface area (Å²) in [7, 11) is 0. The molecule has 0 unspecified atom stereocenters. The normalized spacial score (nSPS) is 11.4. The van der Waals surface area contributed by atoms with Crippen molar-refractivity contribution in [2.24, 2.45) is 5.10 Å². The molecular weight excluding hydrogens is 470 g/mol. The largest absolute Gasteiger partial charge is 0.508 e. The maximum Gasteiger partial charge on any atom is 0.250 e. The topological polar surface area (TPSA) is 92.4 Å². The van der Waals surface area contributed by atoms with Crippen molar-refractivity contribution in [3.05, 3.63) is 89.4 Å². The van der Waals surface area contributed by atoms with E-state index in [1.165, 1.54) is 11.8 Å². The molecule has 0 aliphatic carbocycles. The molecule has 2 N–H and O–H groups in total. The Balaban J connectivity index is 1.52. The fourth-order valence-corrected chi connectivity index (χ4v) is 4.12. The number of nitrogens with one attached hydrogen (secondary N) is 1. The molecule has 4 rings (SSSR count). The van der Waals surface area contributed by atoms with Gasteiger partial charge in [0, 0.05) is 16.3 Å². The van der Waals surface area contributed by atoms with Crippen molar-refractivity contribution < 1.29 is 9.90 Å². The average Bonchev–Trinajstić information content (AvgIpc) is 3.29. The van der Waals surface area contributed by atoms with E-state index >= 15 is 0 Å². The first-order valence-corrected chi connectivity index (χ1v) is 12.0. The number of carbonyl (C=O) groups is 1. The van der Waals surface area contributed by atoms with Gasteiger partial charge in [0.2, 0.25) is 0 Å². The number of amides is 1. The van der Waals surface area contributed by atoms with Crippen LogP contribution in [0.2, 0.25) is 5.02 Å². The summed E-state index contributed by atoms with van der Waals surface area (Å²) >= 11 is 7.32. The second-order valence-electron chi connectivity index (χ2n) is 7.27. The quantitative estimate of drug-likeness (QED) is 0.198. The zero-order chi connectivity index (χ0) is 23.9. The first-order chi connectivity index (χ1) is 16.5. The number of phenolic OH excluding ortho intramolecular Hbond substituents is 1. The molecule has 0 aliphatic heterocycles. The lowest BCUT2D eigenvalue weighted by molar-refractivity contribution is -0.118. The van der Waals surface area contributed by atoms with Crippen LogP contribution < -0.4 is 5.43 Å². The Kier molecular flexibility index (Phi) is 7.61. The number of thioether (sulfide) groups is 1. The minimum atomic E-state index is -0.259. The van der Waals surface area contributed by atoms with Crippen LogP contribution in [0.1, 0.15) is 18.9 Å². The third-order valence-electron chi connectivity index (χ3n) is 4.93. The standard InChI is InChI=1S/C25H22ClN5O2S/c1-2-22(17-10-14-21(32)15-11-17)27-28-23(33)16-34-25-30-29-24(18-8-12-19(26)13-9-18)31(25)20-6-4-3-5-7-20/h3-15,32H,2,16H2,1H3,(H,28,33). The number of nitrogens with zero attached hydrogens (tertiary/aromatic N) is 4. The van der Waals surface area contributed by atoms with Gasteiger partial charge in [-0.25, -0.2) is 5.43 Å². The summed E-state index contributed by atoms with van der Waals surface area (Å²) in [5.74, 6) is 0.691. The smallest absolute Gasteiger partial charge is 0.250 e. The fourth-order valence-electron chi connectivity index (χ4n) is 3.25. The second kappa shape index (κ2) is 11.0. The van der Waals surface area contributed by atoms with Crippen molar-refractivity contribution in [3.63, 3.8) is 0 Å². The molecule has 0 atom stereocenters. The molecule has 0 spiro atoms. The lowest BCUT2D eigenvalue weighted by Crippen LogP contribution is -2.22. The number of carbonyl (C=O) groups excluding carboxylic acids is 1. The highest BCUT2D eigenvalue weighted by Gasteiger charge is 2.17. The molecule has 9 heteroatoms. The molecule has 3 aromatic carbocycles. The number of aromatic nitrogens is 3. The molecule has 0 aliphatic rings. The highest BCUT2D eigenvalue weighted by atomic mass is 35.5. The van der Waals surface area contributed by atoms with Gasteiger partial charge in [-0.15, -0.1) is 10.2 Å². The Morgan fingerprint density at radius 1 is 1.03 bits per heavy atom. The summed E-state index contributed by atoms with van der Waals surface area (Å²) in [6, 6.07) is 23.8. The summed E-state index contributed by atoms with van der Waals surface area (Å²) in [6.07, 6.45) is 0.630. The third-order valence-corrected chi connectivity index (χ3v) is 6.11. The van der Waals surface area contributed by atoms with Gasteiger partial charge >= 0.3 is 0 Å². The fraction of sp³-hybridized carbons (Fsp3) is 0.120. The van der Waals surface area contributed by atoms with Crippen LogP contribution in [-0.4, -0.2) is 37.2 Å². The number of halogens is 1. The number of aromatic hydroxyl groups is 1. The van der Waals surface area contributed by atoms with Gasteiger partial charge in [0.25, 0.3) is 5.91 Å². The molecule has 7 nitrogen and oxygen atoms in total. The van der Waals surface area contributed by atoms with Crippen LogP contribution in [0.25, 0.3) is 17.1 Å². The second-order valence-corrected chi connectivity index (χ2v) is 8.65. The Morgan fingerprint density at radius 2 is 1.74 bits per heavy atom. The SMILES string of the molecule is CCC(=NNC(=O)CSc1nnc(-c2ccc(Cl)cc2)n1-c1ccccc1)c1ccc(O)cc1. The predicted molar refractivity (Wildman–Crippen MR) is 136 cm³/mol.